The van der Waals surface area contributed by atoms with Crippen LogP contribution in [-0.4, -0.2) is 36.3 Å². The number of hydrogen-bond acceptors (Lipinski definition) is 6. The first-order chi connectivity index (χ1) is 16.7. The summed E-state index contributed by atoms with van der Waals surface area (Å²) in [6.07, 6.45) is -1.91. The van der Waals surface area contributed by atoms with Crippen molar-refractivity contribution in [3.05, 3.63) is 88.9 Å². The van der Waals surface area contributed by atoms with E-state index >= 15 is 0 Å². The number of carbonyl (C=O) groups excluding carboxylic acids is 1. The second-order valence-corrected chi connectivity index (χ2v) is 11.0. The third-order valence-corrected chi connectivity index (χ3v) is 7.90. The van der Waals surface area contributed by atoms with Crippen molar-refractivity contribution in [3.8, 4) is 17.2 Å². The van der Waals surface area contributed by atoms with Gasteiger partial charge in [-0.1, -0.05) is 12.1 Å². The van der Waals surface area contributed by atoms with Gasteiger partial charge in [0.1, 0.15) is 23.4 Å². The fourth-order valence-electron chi connectivity index (χ4n) is 3.73. The minimum absolute atomic E-state index is 0.0212. The maximum atomic E-state index is 13.5. The van der Waals surface area contributed by atoms with Gasteiger partial charge < -0.3 is 24.4 Å². The molecular weight excluding hydrogens is 716 g/mol. The summed E-state index contributed by atoms with van der Waals surface area (Å²) < 4.78 is 18.6. The Morgan fingerprint density at radius 3 is 2.00 bits per heavy atom. The molecule has 3 aromatic carbocycles. The number of methoxy groups -OCH3 is 2. The lowest BCUT2D eigenvalue weighted by Gasteiger charge is -2.37. The maximum absolute atomic E-state index is 13.5. The molecule has 10 heteroatoms. The summed E-state index contributed by atoms with van der Waals surface area (Å²) >= 11 is 13.4. The highest BCUT2D eigenvalue weighted by atomic mass is 79.9. The lowest BCUT2D eigenvalue weighted by atomic mass is 9.86. The van der Waals surface area contributed by atoms with Gasteiger partial charge in [0.15, 0.2) is 11.9 Å². The number of carbonyl (C=O) groups is 1. The highest BCUT2D eigenvalue weighted by Crippen LogP contribution is 2.46. The number of ether oxygens (including phenoxy) is 3. The van der Waals surface area contributed by atoms with Crippen molar-refractivity contribution in [3.63, 3.8) is 0 Å². The van der Waals surface area contributed by atoms with Crippen molar-refractivity contribution < 1.29 is 29.2 Å². The molecule has 0 saturated heterocycles. The predicted molar refractivity (Wildman–Crippen MR) is 146 cm³/mol. The fraction of sp³-hybridized carbons (Fsp3) is 0.160. The average molecular weight is 734 g/mol. The molecule has 2 atom stereocenters. The lowest BCUT2D eigenvalue weighted by Crippen LogP contribution is -2.36. The van der Waals surface area contributed by atoms with Crippen LogP contribution in [0.3, 0.4) is 0 Å². The Bertz CT molecular complexity index is 1290. The monoisotopic (exact) mass is 730 g/mol. The summed E-state index contributed by atoms with van der Waals surface area (Å²) in [4.78, 5) is 13.5. The van der Waals surface area contributed by atoms with Crippen LogP contribution in [0.5, 0.6) is 17.2 Å². The van der Waals surface area contributed by atoms with Crippen LogP contribution in [0.25, 0.3) is 5.57 Å². The Kier molecular flexibility index (Phi) is 7.97. The lowest BCUT2D eigenvalue weighted by molar-refractivity contribution is 0.00252. The molecule has 2 N–H and O–H groups in total. The summed E-state index contributed by atoms with van der Waals surface area (Å²) in [5.41, 5.74) is 2.16. The third kappa shape index (κ3) is 5.04. The molecule has 3 aromatic rings. The van der Waals surface area contributed by atoms with E-state index in [-0.39, 0.29) is 17.3 Å². The van der Waals surface area contributed by atoms with Gasteiger partial charge in [0, 0.05) is 11.1 Å². The molecule has 6 nitrogen and oxygen atoms in total. The zero-order valence-corrected chi connectivity index (χ0v) is 24.7. The summed E-state index contributed by atoms with van der Waals surface area (Å²) in [5.74, 6) is 1.05. The number of ketones is 1. The number of benzene rings is 3. The highest BCUT2D eigenvalue weighted by molar-refractivity contribution is 9.11. The Balaban J connectivity index is 1.78. The maximum Gasteiger partial charge on any atom is 0.228 e. The Morgan fingerprint density at radius 1 is 0.914 bits per heavy atom. The van der Waals surface area contributed by atoms with Gasteiger partial charge in [-0.2, -0.15) is 0 Å². The molecule has 0 fully saturated rings. The van der Waals surface area contributed by atoms with Gasteiger partial charge in [-0.15, -0.1) is 0 Å². The van der Waals surface area contributed by atoms with Gasteiger partial charge in [0.2, 0.25) is 5.78 Å². The van der Waals surface area contributed by atoms with Gasteiger partial charge in [0.25, 0.3) is 0 Å². The van der Waals surface area contributed by atoms with Crippen molar-refractivity contribution >= 4 is 75.1 Å². The van der Waals surface area contributed by atoms with Gasteiger partial charge in [-0.05, 0) is 111 Å². The molecule has 0 radical (unpaired) electrons. The molecule has 0 aliphatic carbocycles. The van der Waals surface area contributed by atoms with E-state index in [2.05, 4.69) is 63.7 Å². The predicted octanol–water partition coefficient (Wildman–Crippen LogP) is 7.19. The number of aromatic hydroxyl groups is 1. The van der Waals surface area contributed by atoms with E-state index in [1.54, 1.807) is 43.5 Å². The summed E-state index contributed by atoms with van der Waals surface area (Å²) in [7, 11) is 3.11. The van der Waals surface area contributed by atoms with Crippen LogP contribution in [0, 0.1) is 0 Å². The van der Waals surface area contributed by atoms with Gasteiger partial charge >= 0.3 is 0 Å². The molecule has 0 bridgehead atoms. The highest BCUT2D eigenvalue weighted by Gasteiger charge is 2.42. The summed E-state index contributed by atoms with van der Waals surface area (Å²) in [5, 5.41) is 21.2. The van der Waals surface area contributed by atoms with Crippen LogP contribution in [0.1, 0.15) is 27.6 Å². The van der Waals surface area contributed by atoms with E-state index < -0.39 is 12.2 Å². The largest absolute Gasteiger partial charge is 0.506 e. The first-order valence-corrected chi connectivity index (χ1v) is 13.3. The second kappa shape index (κ2) is 10.6. The number of rotatable bonds is 7. The van der Waals surface area contributed by atoms with Crippen molar-refractivity contribution in [1.82, 2.24) is 0 Å². The normalized spacial score (nSPS) is 15.8. The number of halogens is 4. The van der Waals surface area contributed by atoms with Crippen molar-refractivity contribution in [2.24, 2.45) is 0 Å². The number of aliphatic hydroxyl groups is 1. The summed E-state index contributed by atoms with van der Waals surface area (Å²) in [6, 6.07) is 13.7. The Hall–Kier alpha value is -1.85. The van der Waals surface area contributed by atoms with Crippen LogP contribution in [-0.2, 0) is 4.74 Å². The van der Waals surface area contributed by atoms with Crippen molar-refractivity contribution in [2.75, 3.05) is 14.2 Å². The molecule has 35 heavy (non-hydrogen) atoms. The zero-order valence-electron chi connectivity index (χ0n) is 18.3. The smallest absolute Gasteiger partial charge is 0.228 e. The Labute approximate surface area is 235 Å². The van der Waals surface area contributed by atoms with E-state index in [1.165, 1.54) is 7.11 Å². The van der Waals surface area contributed by atoms with Crippen LogP contribution in [0.15, 0.2) is 72.2 Å². The van der Waals surface area contributed by atoms with Crippen LogP contribution < -0.4 is 9.47 Å². The van der Waals surface area contributed by atoms with E-state index in [1.807, 2.05) is 12.1 Å². The SMILES string of the molecule is COc1ccc(C2=C(C(=O)c3cc(Br)c(OC)c(Br)c3)OC2C(O)c2cc(Br)c(O)c(Br)c2)cc1. The number of phenols is 1. The first-order valence-electron chi connectivity index (χ1n) is 10.1. The molecule has 0 spiro atoms. The first kappa shape index (κ1) is 26.2. The molecule has 1 aliphatic rings. The number of aliphatic hydroxyl groups excluding tert-OH is 1. The second-order valence-electron chi connectivity index (χ2n) is 7.59. The average Bonchev–Trinajstić information content (AvgIpc) is 2.81. The van der Waals surface area contributed by atoms with Crippen molar-refractivity contribution in [1.29, 1.82) is 0 Å². The van der Waals surface area contributed by atoms with Gasteiger partial charge in [-0.25, -0.2) is 0 Å². The standard InChI is InChI=1S/C25H18Br4O6/c1-33-14-5-3-11(4-6-14)19-24(20(30)12-7-15(26)22(32)16(27)8-12)35-25(19)21(31)13-9-17(28)23(34-2)18(29)10-13/h3-10,20,24,30,32H,1-2H3. The molecule has 2 unspecified atom stereocenters. The quantitative estimate of drug-likeness (QED) is 0.251. The van der Waals surface area contributed by atoms with E-state index in [0.717, 1.165) is 0 Å². The number of hydrogen-bond donors (Lipinski definition) is 2. The fourth-order valence-corrected chi connectivity index (χ4v) is 6.46. The summed E-state index contributed by atoms with van der Waals surface area (Å²) in [6.45, 7) is 0. The molecule has 0 saturated carbocycles. The molecular formula is C25H18Br4O6. The number of phenolic OH excluding ortho intramolecular Hbond substituents is 1. The Morgan fingerprint density at radius 2 is 1.49 bits per heavy atom. The number of allylic oxidation sites excluding steroid dienone is 1. The molecule has 0 amide bonds. The van der Waals surface area contributed by atoms with Gasteiger partial charge in [-0.3, -0.25) is 4.79 Å². The molecule has 1 heterocycles. The zero-order chi connectivity index (χ0) is 25.4. The van der Waals surface area contributed by atoms with E-state index in [4.69, 9.17) is 14.2 Å². The molecule has 0 aromatic heterocycles. The minimum Gasteiger partial charge on any atom is -0.506 e. The van der Waals surface area contributed by atoms with E-state index in [0.29, 0.717) is 51.7 Å². The molecule has 182 valence electrons. The minimum atomic E-state index is -1.11. The van der Waals surface area contributed by atoms with Gasteiger partial charge in [0.05, 0.1) is 32.1 Å². The molecule has 1 aliphatic heterocycles. The van der Waals surface area contributed by atoms with Crippen LogP contribution >= 0.6 is 63.7 Å². The number of Topliss-reactive ketones (excluding diaryl/α,β-unsaturated/α-hetero) is 1. The van der Waals surface area contributed by atoms with Crippen molar-refractivity contribution in [2.45, 2.75) is 12.2 Å². The third-order valence-electron chi connectivity index (χ3n) is 5.51. The van der Waals surface area contributed by atoms with Crippen LogP contribution in [0.2, 0.25) is 0 Å². The van der Waals surface area contributed by atoms with Crippen LogP contribution in [0.4, 0.5) is 0 Å². The topological polar surface area (TPSA) is 85.2 Å². The molecule has 4 rings (SSSR count). The van der Waals surface area contributed by atoms with E-state index in [9.17, 15) is 15.0 Å².